The number of carbonyl (C=O) groups excluding carboxylic acids is 1. The van der Waals surface area contributed by atoms with Crippen molar-refractivity contribution in [2.45, 2.75) is 5.16 Å². The second-order valence-corrected chi connectivity index (χ2v) is 4.86. The molecule has 1 aliphatic rings. The number of methoxy groups -OCH3 is 2. The van der Waals surface area contributed by atoms with Crippen LogP contribution in [-0.4, -0.2) is 40.6 Å². The maximum atomic E-state index is 11.5. The molecule has 1 aromatic heterocycles. The van der Waals surface area contributed by atoms with E-state index in [2.05, 4.69) is 10.1 Å². The van der Waals surface area contributed by atoms with Crippen LogP contribution in [0.1, 0.15) is 4.79 Å². The van der Waals surface area contributed by atoms with Gasteiger partial charge in [-0.15, -0.1) is 5.10 Å². The molecule has 0 saturated carbocycles. The monoisotopic (exact) mass is 277 g/mol. The molecule has 0 radical (unpaired) electrons. The van der Waals surface area contributed by atoms with E-state index in [0.29, 0.717) is 28.2 Å². The highest BCUT2D eigenvalue weighted by Gasteiger charge is 2.24. The van der Waals surface area contributed by atoms with Gasteiger partial charge in [0, 0.05) is 11.6 Å². The molecule has 0 spiro atoms. The lowest BCUT2D eigenvalue weighted by molar-refractivity contribution is 0.0923. The van der Waals surface area contributed by atoms with Gasteiger partial charge in [-0.25, -0.2) is 4.98 Å². The summed E-state index contributed by atoms with van der Waals surface area (Å²) in [6.07, 6.45) is 0. The van der Waals surface area contributed by atoms with Gasteiger partial charge in [0.25, 0.3) is 5.91 Å². The van der Waals surface area contributed by atoms with E-state index in [0.717, 1.165) is 5.56 Å². The van der Waals surface area contributed by atoms with Crippen molar-refractivity contribution in [3.8, 4) is 22.9 Å². The van der Waals surface area contributed by atoms with Crippen LogP contribution in [0.25, 0.3) is 11.4 Å². The number of aromatic nitrogens is 3. The number of benzene rings is 1. The molecule has 19 heavy (non-hydrogen) atoms. The fourth-order valence-electron chi connectivity index (χ4n) is 1.80. The van der Waals surface area contributed by atoms with Crippen LogP contribution in [0.2, 0.25) is 0 Å². The van der Waals surface area contributed by atoms with Crippen molar-refractivity contribution >= 4 is 17.7 Å². The molecule has 3 rings (SSSR count). The van der Waals surface area contributed by atoms with Crippen LogP contribution >= 0.6 is 11.8 Å². The van der Waals surface area contributed by atoms with Crippen molar-refractivity contribution in [3.63, 3.8) is 0 Å². The largest absolute Gasteiger partial charge is 0.497 e. The van der Waals surface area contributed by atoms with Gasteiger partial charge in [0.15, 0.2) is 11.0 Å². The van der Waals surface area contributed by atoms with Gasteiger partial charge >= 0.3 is 0 Å². The molecular weight excluding hydrogens is 266 g/mol. The van der Waals surface area contributed by atoms with Crippen LogP contribution in [0.5, 0.6) is 11.5 Å². The topological polar surface area (TPSA) is 66.2 Å². The molecule has 98 valence electrons. The SMILES string of the molecule is COc1cc(OC)cc(-c2nc3n(n2)C(=O)CS3)c1. The number of rotatable bonds is 3. The first-order chi connectivity index (χ1) is 9.21. The zero-order chi connectivity index (χ0) is 13.4. The van der Waals surface area contributed by atoms with E-state index in [4.69, 9.17) is 9.47 Å². The van der Waals surface area contributed by atoms with Crippen molar-refractivity contribution in [3.05, 3.63) is 18.2 Å². The third-order valence-electron chi connectivity index (χ3n) is 2.75. The lowest BCUT2D eigenvalue weighted by Gasteiger charge is -2.06. The van der Waals surface area contributed by atoms with Crippen molar-refractivity contribution in [2.24, 2.45) is 0 Å². The fourth-order valence-corrected chi connectivity index (χ4v) is 2.59. The van der Waals surface area contributed by atoms with Gasteiger partial charge in [-0.2, -0.15) is 4.68 Å². The number of nitrogens with zero attached hydrogens (tertiary/aromatic N) is 3. The number of ether oxygens (including phenoxy) is 2. The first-order valence-electron chi connectivity index (χ1n) is 5.58. The second-order valence-electron chi connectivity index (χ2n) is 3.91. The van der Waals surface area contributed by atoms with Crippen LogP contribution in [0.3, 0.4) is 0 Å². The summed E-state index contributed by atoms with van der Waals surface area (Å²) in [5.74, 6) is 2.16. The molecule has 7 heteroatoms. The molecule has 0 saturated heterocycles. The quantitative estimate of drug-likeness (QED) is 0.851. The summed E-state index contributed by atoms with van der Waals surface area (Å²) in [5, 5.41) is 4.84. The number of hydrogen-bond donors (Lipinski definition) is 0. The number of carbonyl (C=O) groups is 1. The number of thioether (sulfide) groups is 1. The minimum absolute atomic E-state index is 0.0476. The Morgan fingerprint density at radius 2 is 1.89 bits per heavy atom. The Morgan fingerprint density at radius 3 is 2.47 bits per heavy atom. The minimum atomic E-state index is -0.0476. The van der Waals surface area contributed by atoms with E-state index in [1.165, 1.54) is 16.4 Å². The summed E-state index contributed by atoms with van der Waals surface area (Å²) in [4.78, 5) is 15.9. The first kappa shape index (κ1) is 12.0. The third-order valence-corrected chi connectivity index (χ3v) is 3.66. The smallest absolute Gasteiger partial charge is 0.259 e. The highest BCUT2D eigenvalue weighted by Crippen LogP contribution is 2.31. The van der Waals surface area contributed by atoms with Crippen LogP contribution in [-0.2, 0) is 0 Å². The van der Waals surface area contributed by atoms with Crippen molar-refractivity contribution in [1.82, 2.24) is 14.8 Å². The molecule has 0 aliphatic carbocycles. The Morgan fingerprint density at radius 1 is 1.21 bits per heavy atom. The summed E-state index contributed by atoms with van der Waals surface area (Å²) in [5.41, 5.74) is 0.756. The Balaban J connectivity index is 2.06. The molecule has 1 aliphatic heterocycles. The van der Waals surface area contributed by atoms with E-state index >= 15 is 0 Å². The summed E-state index contributed by atoms with van der Waals surface area (Å²) in [6.45, 7) is 0. The lowest BCUT2D eigenvalue weighted by atomic mass is 10.2. The first-order valence-corrected chi connectivity index (χ1v) is 6.56. The highest BCUT2D eigenvalue weighted by atomic mass is 32.2. The fraction of sp³-hybridized carbons (Fsp3) is 0.250. The van der Waals surface area contributed by atoms with Crippen molar-refractivity contribution in [2.75, 3.05) is 20.0 Å². The van der Waals surface area contributed by atoms with Gasteiger partial charge in [0.05, 0.1) is 20.0 Å². The van der Waals surface area contributed by atoms with Gasteiger partial charge < -0.3 is 9.47 Å². The molecule has 1 aromatic carbocycles. The number of hydrogen-bond acceptors (Lipinski definition) is 6. The lowest BCUT2D eigenvalue weighted by Crippen LogP contribution is -2.08. The molecule has 0 N–H and O–H groups in total. The molecule has 0 amide bonds. The standard InChI is InChI=1S/C12H11N3O3S/c1-17-8-3-7(4-9(5-8)18-2)11-13-12-15(14-11)10(16)6-19-12/h3-5H,6H2,1-2H3. The molecule has 2 aromatic rings. The van der Waals surface area contributed by atoms with Crippen molar-refractivity contribution in [1.29, 1.82) is 0 Å². The maximum Gasteiger partial charge on any atom is 0.259 e. The molecule has 0 atom stereocenters. The molecule has 0 fully saturated rings. The minimum Gasteiger partial charge on any atom is -0.497 e. The predicted molar refractivity (Wildman–Crippen MR) is 69.9 cm³/mol. The molecular formula is C12H11N3O3S. The zero-order valence-electron chi connectivity index (χ0n) is 10.4. The normalized spacial score (nSPS) is 13.5. The average molecular weight is 277 g/mol. The van der Waals surface area contributed by atoms with E-state index in [1.54, 1.807) is 20.3 Å². The molecule has 0 unspecified atom stereocenters. The summed E-state index contributed by atoms with van der Waals surface area (Å²) >= 11 is 1.39. The van der Waals surface area contributed by atoms with Gasteiger partial charge in [-0.05, 0) is 12.1 Å². The summed E-state index contributed by atoms with van der Waals surface area (Å²) < 4.78 is 11.7. The van der Waals surface area contributed by atoms with E-state index in [-0.39, 0.29) is 5.91 Å². The number of fused-ring (bicyclic) bond motifs is 1. The van der Waals surface area contributed by atoms with E-state index in [1.807, 2.05) is 12.1 Å². The van der Waals surface area contributed by atoms with Crippen LogP contribution in [0.4, 0.5) is 0 Å². The Bertz CT molecular complexity index is 631. The van der Waals surface area contributed by atoms with Gasteiger partial charge in [-0.3, -0.25) is 4.79 Å². The van der Waals surface area contributed by atoms with Gasteiger partial charge in [0.1, 0.15) is 11.5 Å². The van der Waals surface area contributed by atoms with Crippen LogP contribution in [0.15, 0.2) is 23.4 Å². The molecule has 2 heterocycles. The van der Waals surface area contributed by atoms with Crippen molar-refractivity contribution < 1.29 is 14.3 Å². The average Bonchev–Trinajstić information content (AvgIpc) is 3.01. The van der Waals surface area contributed by atoms with Gasteiger partial charge in [0.2, 0.25) is 0 Å². The molecule has 6 nitrogen and oxygen atoms in total. The summed E-state index contributed by atoms with van der Waals surface area (Å²) in [7, 11) is 3.16. The Labute approximate surface area is 113 Å². The maximum absolute atomic E-state index is 11.5. The van der Waals surface area contributed by atoms with E-state index in [9.17, 15) is 4.79 Å². The summed E-state index contributed by atoms with van der Waals surface area (Å²) in [6, 6.07) is 5.39. The second kappa shape index (κ2) is 4.58. The highest BCUT2D eigenvalue weighted by molar-refractivity contribution is 8.00. The zero-order valence-corrected chi connectivity index (χ0v) is 11.2. The predicted octanol–water partition coefficient (Wildman–Crippen LogP) is 1.71. The molecule has 0 bridgehead atoms. The third kappa shape index (κ3) is 2.06. The van der Waals surface area contributed by atoms with E-state index < -0.39 is 0 Å². The van der Waals surface area contributed by atoms with Crippen LogP contribution in [0, 0.1) is 0 Å². The Kier molecular flexibility index (Phi) is 2.90. The Hall–Kier alpha value is -2.02. The van der Waals surface area contributed by atoms with Crippen LogP contribution < -0.4 is 9.47 Å². The van der Waals surface area contributed by atoms with Gasteiger partial charge in [-0.1, -0.05) is 11.8 Å².